The molecule has 0 aromatic carbocycles. The number of nitrogens with one attached hydrogen (secondary N) is 7. The molecule has 11 spiro atoms. The Kier molecular flexibility index (Phi) is 17.4. The number of ketones is 6. The molecule has 9 amide bonds. The SMILES string of the molecule is CC(C)(C)OC(=O)N1C(CN)CCC12CCC2=O.CC(C)C(=O)N1C2(CCC2=O)CCC12CNC2=O.CC(C)C(=O)N1C2(CCC2=O)CCC12CNC2=O.CC(C)C(=O)N1C2(CCC2=O)CCC12CNC2=O.O=C1CCC12CCC1(CNC1=O)N2.O=C1CCC12CCC1(CNC1=O)N2. The number of likely N-dealkylation sites (tertiary alicyclic amines) is 4. The number of Topliss-reactive ketones (excluding diaryl/α,β-unsaturated/α-hetero) is 6. The van der Waals surface area contributed by atoms with Crippen molar-refractivity contribution in [2.45, 2.75) is 289 Å². The molecule has 12 unspecified atom stereocenters. The molecule has 17 aliphatic rings. The molecule has 0 aromatic rings. The predicted molar refractivity (Wildman–Crippen MR) is 348 cm³/mol. The van der Waals surface area contributed by atoms with Crippen molar-refractivity contribution in [3.8, 4) is 0 Å². The first-order valence-electron chi connectivity index (χ1n) is 35.9. The number of hydrogen-bond donors (Lipinski definition) is 8. The van der Waals surface area contributed by atoms with E-state index in [0.29, 0.717) is 128 Å². The van der Waals surface area contributed by atoms with Crippen LogP contribution in [0.3, 0.4) is 0 Å². The summed E-state index contributed by atoms with van der Waals surface area (Å²) >= 11 is 0. The molecule has 0 aromatic heterocycles. The van der Waals surface area contributed by atoms with E-state index >= 15 is 0 Å². The molecule has 0 radical (unpaired) electrons. The second-order valence-electron chi connectivity index (χ2n) is 33.0. The summed E-state index contributed by atoms with van der Waals surface area (Å²) in [5, 5.41) is 20.1. The summed E-state index contributed by atoms with van der Waals surface area (Å²) in [6, 6.07) is -0.0656. The molecule has 9 N–H and O–H groups in total. The largest absolute Gasteiger partial charge is 0.444 e. The van der Waals surface area contributed by atoms with Gasteiger partial charge in [-0.25, -0.2) is 4.79 Å². The zero-order chi connectivity index (χ0) is 71.1. The summed E-state index contributed by atoms with van der Waals surface area (Å²) in [7, 11) is 0. The number of nitrogens with two attached hydrogens (primary N) is 1. The topological polar surface area (TPSA) is 388 Å². The summed E-state index contributed by atoms with van der Waals surface area (Å²) in [6.45, 7) is 19.7. The van der Waals surface area contributed by atoms with Crippen molar-refractivity contribution >= 4 is 88.1 Å². The van der Waals surface area contributed by atoms with Crippen LogP contribution in [0, 0.1) is 17.8 Å². The van der Waals surface area contributed by atoms with Crippen molar-refractivity contribution in [2.75, 3.05) is 39.3 Å². The Morgan fingerprint density at radius 3 is 0.847 bits per heavy atom. The molecule has 12 atom stereocenters. The van der Waals surface area contributed by atoms with Crippen LogP contribution in [0.2, 0.25) is 0 Å². The maximum Gasteiger partial charge on any atom is 0.411 e. The lowest BCUT2D eigenvalue weighted by Crippen LogP contribution is -2.77. The van der Waals surface area contributed by atoms with E-state index in [2.05, 4.69) is 37.2 Å². The van der Waals surface area contributed by atoms with Gasteiger partial charge in [0.15, 0.2) is 34.7 Å². The van der Waals surface area contributed by atoms with Gasteiger partial charge in [0.1, 0.15) is 55.5 Å². The third-order valence-corrected chi connectivity index (χ3v) is 25.7. The highest BCUT2D eigenvalue weighted by molar-refractivity contribution is 6.08. The van der Waals surface area contributed by atoms with E-state index in [1.807, 2.05) is 62.3 Å². The molecule has 28 heteroatoms. The standard InChI is InChI=1S/3C13H18N2O3.C13H22N2O3.2C9H12N2O2/c3*1-8(2)10(17)15-12(4-3-9(12)16)5-6-13(15)7-14-11(13)18;1-12(2,3)18-11(17)15-9(8-14)4-6-13(15)7-5-10(13)16;2*12-6-1-2-8(6)3-4-9(11-8)5-10-7(9)13/h3*8H,3-7H2,1-2H3,(H,14,18);9H,4-8,14H2,1-3H3;2*11H,1-5H2,(H,10,13). The van der Waals surface area contributed by atoms with Crippen molar-refractivity contribution in [3.63, 3.8) is 0 Å². The molecule has 11 aliphatic heterocycles. The van der Waals surface area contributed by atoms with Crippen LogP contribution in [0.25, 0.3) is 0 Å². The van der Waals surface area contributed by atoms with Gasteiger partial charge in [0.2, 0.25) is 47.3 Å². The first kappa shape index (κ1) is 70.8. The van der Waals surface area contributed by atoms with Crippen LogP contribution >= 0.6 is 0 Å². The molecule has 17 fully saturated rings. The average Bonchev–Trinajstić information content (AvgIpc) is 1.52. The average molecular weight is 1370 g/mol. The minimum absolute atomic E-state index is 0.0598. The van der Waals surface area contributed by atoms with Gasteiger partial charge in [0.25, 0.3) is 0 Å². The van der Waals surface area contributed by atoms with E-state index in [9.17, 15) is 71.9 Å². The molecule has 6 saturated carbocycles. The molecule has 98 heavy (non-hydrogen) atoms. The number of rotatable bonds is 4. The highest BCUT2D eigenvalue weighted by atomic mass is 16.6. The number of carbonyl (C=O) groups is 15. The van der Waals surface area contributed by atoms with Crippen LogP contribution in [0.15, 0.2) is 0 Å². The highest BCUT2D eigenvalue weighted by Gasteiger charge is 2.72. The Hall–Kier alpha value is -7.07. The third kappa shape index (κ3) is 10.3. The Balaban J connectivity index is 0.000000112. The van der Waals surface area contributed by atoms with Gasteiger partial charge in [-0.05, 0) is 136 Å². The number of carbonyl (C=O) groups excluding carboxylic acids is 15. The second kappa shape index (κ2) is 24.1. The zero-order valence-corrected chi connectivity index (χ0v) is 58.4. The fourth-order valence-electron chi connectivity index (χ4n) is 18.6. The maximum atomic E-state index is 12.4. The van der Waals surface area contributed by atoms with Crippen molar-refractivity contribution < 1.29 is 76.7 Å². The summed E-state index contributed by atoms with van der Waals surface area (Å²) < 4.78 is 5.41. The van der Waals surface area contributed by atoms with Gasteiger partial charge in [-0.2, -0.15) is 0 Å². The molecule has 28 nitrogen and oxygen atoms in total. The Morgan fingerprint density at radius 1 is 0.388 bits per heavy atom. The van der Waals surface area contributed by atoms with Crippen LogP contribution in [-0.4, -0.2) is 219 Å². The number of hydrogen-bond acceptors (Lipinski definition) is 19. The van der Waals surface area contributed by atoms with Gasteiger partial charge in [0.05, 0.1) is 30.7 Å². The zero-order valence-electron chi connectivity index (χ0n) is 58.4. The molecule has 536 valence electrons. The van der Waals surface area contributed by atoms with Crippen LogP contribution in [0.4, 0.5) is 4.79 Å². The number of ether oxygens (including phenoxy) is 1. The fraction of sp³-hybridized carbons (Fsp3) is 0.786. The predicted octanol–water partition coefficient (Wildman–Crippen LogP) is 0.832. The second-order valence-corrected chi connectivity index (χ2v) is 33.0. The smallest absolute Gasteiger partial charge is 0.411 e. The van der Waals surface area contributed by atoms with Crippen molar-refractivity contribution in [1.29, 1.82) is 0 Å². The molecule has 0 bridgehead atoms. The van der Waals surface area contributed by atoms with Gasteiger partial charge < -0.3 is 51.8 Å². The first-order chi connectivity index (χ1) is 46.0. The van der Waals surface area contributed by atoms with E-state index in [-0.39, 0.29) is 116 Å². The highest BCUT2D eigenvalue weighted by Crippen LogP contribution is 2.56. The minimum atomic E-state index is -0.725. The van der Waals surface area contributed by atoms with E-state index in [4.69, 9.17) is 10.5 Å². The monoisotopic (exact) mass is 1360 g/mol. The molecule has 6 aliphatic carbocycles. The van der Waals surface area contributed by atoms with E-state index in [0.717, 1.165) is 77.0 Å². The first-order valence-corrected chi connectivity index (χ1v) is 35.9. The van der Waals surface area contributed by atoms with Gasteiger partial charge in [0, 0.05) is 82.0 Å². The molecule has 17 rings (SSSR count). The Morgan fingerprint density at radius 2 is 0.684 bits per heavy atom. The summed E-state index contributed by atoms with van der Waals surface area (Å²) in [5.74, 6) is 0.297. The number of amides is 9. The van der Waals surface area contributed by atoms with Crippen molar-refractivity contribution in [3.05, 3.63) is 0 Å². The molecule has 11 heterocycles. The molecular weight excluding hydrogens is 1260 g/mol. The fourth-order valence-corrected chi connectivity index (χ4v) is 18.6. The van der Waals surface area contributed by atoms with Crippen LogP contribution in [0.1, 0.15) is 216 Å². The summed E-state index contributed by atoms with van der Waals surface area (Å²) in [6.07, 6.45) is 16.6. The maximum absolute atomic E-state index is 12.4. The van der Waals surface area contributed by atoms with E-state index in [1.54, 1.807) is 19.6 Å². The summed E-state index contributed by atoms with van der Waals surface area (Å²) in [5.41, 5.74) is -0.952. The lowest BCUT2D eigenvalue weighted by molar-refractivity contribution is -0.168. The summed E-state index contributed by atoms with van der Waals surface area (Å²) in [4.78, 5) is 185. The molecule has 11 saturated heterocycles. The third-order valence-electron chi connectivity index (χ3n) is 25.7. The van der Waals surface area contributed by atoms with Crippen LogP contribution in [-0.2, 0) is 71.9 Å². The minimum Gasteiger partial charge on any atom is -0.444 e. The number of β-lactam (4-membered cyclic amide) rings is 5. The van der Waals surface area contributed by atoms with Gasteiger partial charge in [-0.15, -0.1) is 0 Å². The van der Waals surface area contributed by atoms with Gasteiger partial charge in [-0.3, -0.25) is 82.7 Å². The Labute approximate surface area is 571 Å². The van der Waals surface area contributed by atoms with Gasteiger partial charge in [-0.1, -0.05) is 41.5 Å². The molecular formula is C70H100N12O16. The lowest BCUT2D eigenvalue weighted by Gasteiger charge is -2.53. The normalized spacial score (nSPS) is 39.4. The van der Waals surface area contributed by atoms with Crippen molar-refractivity contribution in [1.82, 2.24) is 56.8 Å². The van der Waals surface area contributed by atoms with Gasteiger partial charge >= 0.3 is 6.09 Å². The van der Waals surface area contributed by atoms with Crippen molar-refractivity contribution in [2.24, 2.45) is 23.5 Å². The van der Waals surface area contributed by atoms with E-state index < -0.39 is 50.5 Å². The number of nitrogens with zero attached hydrogens (tertiary/aromatic N) is 4. The Bertz CT molecular complexity index is 3120. The van der Waals surface area contributed by atoms with E-state index in [1.165, 1.54) is 0 Å². The van der Waals surface area contributed by atoms with Crippen LogP contribution < -0.4 is 43.0 Å². The quantitative estimate of drug-likeness (QED) is 0.181. The lowest BCUT2D eigenvalue weighted by atomic mass is 9.73. The van der Waals surface area contributed by atoms with Crippen LogP contribution in [0.5, 0.6) is 0 Å².